The van der Waals surface area contributed by atoms with Crippen molar-refractivity contribution in [1.82, 2.24) is 0 Å². The molecule has 112 valence electrons. The lowest BCUT2D eigenvalue weighted by atomic mass is 10.2. The maximum atomic E-state index is 11.5. The van der Waals surface area contributed by atoms with Crippen molar-refractivity contribution in [1.29, 1.82) is 0 Å². The number of rotatable bonds is 7. The van der Waals surface area contributed by atoms with E-state index in [0.29, 0.717) is 23.7 Å². The van der Waals surface area contributed by atoms with E-state index in [4.69, 9.17) is 13.9 Å². The van der Waals surface area contributed by atoms with Gasteiger partial charge in [0.2, 0.25) is 0 Å². The van der Waals surface area contributed by atoms with Crippen LogP contribution in [0.1, 0.15) is 29.5 Å². The molecule has 1 heterocycles. The van der Waals surface area contributed by atoms with Crippen molar-refractivity contribution in [3.63, 3.8) is 0 Å². The quantitative estimate of drug-likeness (QED) is 0.731. The first-order valence-corrected chi connectivity index (χ1v) is 6.75. The third-order valence-corrected chi connectivity index (χ3v) is 2.82. The van der Waals surface area contributed by atoms with E-state index in [1.54, 1.807) is 6.07 Å². The van der Waals surface area contributed by atoms with Crippen LogP contribution in [-0.2, 0) is 11.3 Å². The van der Waals surface area contributed by atoms with Gasteiger partial charge in [0.05, 0.1) is 20.0 Å². The van der Waals surface area contributed by atoms with Gasteiger partial charge in [-0.05, 0) is 36.8 Å². The average molecular weight is 290 g/mol. The smallest absolute Gasteiger partial charge is 0.341 e. The molecule has 0 amide bonds. The van der Waals surface area contributed by atoms with Gasteiger partial charge in [-0.15, -0.1) is 0 Å². The van der Waals surface area contributed by atoms with E-state index in [1.807, 2.05) is 24.3 Å². The van der Waals surface area contributed by atoms with Gasteiger partial charge in [0.1, 0.15) is 23.7 Å². The molecule has 0 fully saturated rings. The van der Waals surface area contributed by atoms with Crippen LogP contribution in [0.2, 0.25) is 0 Å². The molecule has 0 saturated carbocycles. The molecule has 0 atom stereocenters. The summed E-state index contributed by atoms with van der Waals surface area (Å²) < 4.78 is 21.0. The van der Waals surface area contributed by atoms with Gasteiger partial charge in [0, 0.05) is 0 Å². The maximum Gasteiger partial charge on any atom is 0.341 e. The van der Waals surface area contributed by atoms with Gasteiger partial charge in [0.25, 0.3) is 0 Å². The van der Waals surface area contributed by atoms with E-state index in [-0.39, 0.29) is 6.61 Å². The number of hydrogen-bond acceptors (Lipinski definition) is 5. The van der Waals surface area contributed by atoms with Crippen LogP contribution in [0.25, 0.3) is 0 Å². The Kier molecular flexibility index (Phi) is 5.26. The van der Waals surface area contributed by atoms with E-state index in [0.717, 1.165) is 12.2 Å². The molecule has 0 N–H and O–H groups in total. The van der Waals surface area contributed by atoms with Crippen molar-refractivity contribution in [3.8, 4) is 11.5 Å². The summed E-state index contributed by atoms with van der Waals surface area (Å²) in [5, 5.41) is 0. The number of esters is 1. The minimum Gasteiger partial charge on any atom is -0.494 e. The van der Waals surface area contributed by atoms with Gasteiger partial charge in [-0.2, -0.15) is 0 Å². The lowest BCUT2D eigenvalue weighted by Gasteiger charge is -2.07. The molecule has 0 bridgehead atoms. The summed E-state index contributed by atoms with van der Waals surface area (Å²) in [7, 11) is 1.33. The third-order valence-electron chi connectivity index (χ3n) is 2.82. The number of ether oxygens (including phenoxy) is 3. The summed E-state index contributed by atoms with van der Waals surface area (Å²) in [6.07, 6.45) is 2.40. The molecule has 21 heavy (non-hydrogen) atoms. The Balaban J connectivity index is 1.94. The number of hydrogen-bond donors (Lipinski definition) is 0. The Bertz CT molecular complexity index is 571. The number of benzene rings is 1. The molecule has 1 aromatic heterocycles. The number of carbonyl (C=O) groups excluding carboxylic acids is 1. The molecule has 1 aromatic carbocycles. The predicted molar refractivity (Wildman–Crippen MR) is 76.6 cm³/mol. The van der Waals surface area contributed by atoms with E-state index >= 15 is 0 Å². The molecular formula is C16H18O5. The van der Waals surface area contributed by atoms with Crippen LogP contribution in [0, 0.1) is 0 Å². The van der Waals surface area contributed by atoms with Gasteiger partial charge in [0.15, 0.2) is 5.76 Å². The molecule has 0 radical (unpaired) electrons. The van der Waals surface area contributed by atoms with Crippen molar-refractivity contribution in [2.75, 3.05) is 13.7 Å². The van der Waals surface area contributed by atoms with Gasteiger partial charge in [-0.1, -0.05) is 6.92 Å². The second kappa shape index (κ2) is 7.38. The Hall–Kier alpha value is -2.43. The van der Waals surface area contributed by atoms with Gasteiger partial charge < -0.3 is 18.6 Å². The molecule has 2 aromatic rings. The Morgan fingerprint density at radius 3 is 2.38 bits per heavy atom. The van der Waals surface area contributed by atoms with Gasteiger partial charge >= 0.3 is 5.97 Å². The van der Waals surface area contributed by atoms with Gasteiger partial charge in [-0.25, -0.2) is 4.79 Å². The largest absolute Gasteiger partial charge is 0.494 e. The average Bonchev–Trinajstić information content (AvgIpc) is 2.99. The first-order valence-electron chi connectivity index (χ1n) is 6.75. The van der Waals surface area contributed by atoms with Crippen LogP contribution in [0.5, 0.6) is 11.5 Å². The minimum absolute atomic E-state index is 0.159. The summed E-state index contributed by atoms with van der Waals surface area (Å²) in [5.41, 5.74) is 0.375. The second-order valence-electron chi connectivity index (χ2n) is 4.36. The van der Waals surface area contributed by atoms with Crippen LogP contribution in [0.3, 0.4) is 0 Å². The molecule has 5 nitrogen and oxygen atoms in total. The van der Waals surface area contributed by atoms with Crippen molar-refractivity contribution in [2.24, 2.45) is 0 Å². The van der Waals surface area contributed by atoms with Crippen LogP contribution in [0.15, 0.2) is 41.0 Å². The summed E-state index contributed by atoms with van der Waals surface area (Å²) in [4.78, 5) is 11.5. The lowest BCUT2D eigenvalue weighted by molar-refractivity contribution is 0.0595. The lowest BCUT2D eigenvalue weighted by Crippen LogP contribution is -2.05. The van der Waals surface area contributed by atoms with Crippen LogP contribution < -0.4 is 9.47 Å². The molecule has 0 aliphatic rings. The van der Waals surface area contributed by atoms with Crippen LogP contribution in [0.4, 0.5) is 0 Å². The van der Waals surface area contributed by atoms with E-state index in [9.17, 15) is 4.79 Å². The summed E-state index contributed by atoms with van der Waals surface area (Å²) in [6.45, 7) is 2.90. The number of furan rings is 1. The minimum atomic E-state index is -0.439. The normalized spacial score (nSPS) is 10.2. The highest BCUT2D eigenvalue weighted by Gasteiger charge is 2.15. The van der Waals surface area contributed by atoms with Crippen molar-refractivity contribution >= 4 is 5.97 Å². The topological polar surface area (TPSA) is 57.9 Å². The summed E-state index contributed by atoms with van der Waals surface area (Å²) >= 11 is 0. The Morgan fingerprint density at radius 1 is 1.10 bits per heavy atom. The summed E-state index contributed by atoms with van der Waals surface area (Å²) in [6, 6.07) is 8.87. The molecule has 0 aliphatic heterocycles. The molecule has 5 heteroatoms. The van der Waals surface area contributed by atoms with Crippen molar-refractivity contribution in [3.05, 3.63) is 47.9 Å². The molecule has 2 rings (SSSR count). The fourth-order valence-corrected chi connectivity index (χ4v) is 1.75. The highest BCUT2D eigenvalue weighted by Crippen LogP contribution is 2.20. The molecular weight excluding hydrogens is 272 g/mol. The highest BCUT2D eigenvalue weighted by atomic mass is 16.5. The Morgan fingerprint density at radius 2 is 1.76 bits per heavy atom. The predicted octanol–water partition coefficient (Wildman–Crippen LogP) is 3.43. The molecule has 0 spiro atoms. The summed E-state index contributed by atoms with van der Waals surface area (Å²) in [5.74, 6) is 1.47. The standard InChI is InChI=1S/C16H18O5/c1-3-9-19-12-4-6-13(7-5-12)21-11-15-14(8-10-20-15)16(17)18-2/h4-8,10H,3,9,11H2,1-2H3. The maximum absolute atomic E-state index is 11.5. The molecule has 0 saturated heterocycles. The SMILES string of the molecule is CCCOc1ccc(OCc2occc2C(=O)OC)cc1. The van der Waals surface area contributed by atoms with Crippen LogP contribution in [-0.4, -0.2) is 19.7 Å². The second-order valence-corrected chi connectivity index (χ2v) is 4.36. The first kappa shape index (κ1) is 15.0. The third kappa shape index (κ3) is 4.02. The van der Waals surface area contributed by atoms with Crippen LogP contribution >= 0.6 is 0 Å². The van der Waals surface area contributed by atoms with E-state index in [1.165, 1.54) is 13.4 Å². The van der Waals surface area contributed by atoms with E-state index in [2.05, 4.69) is 11.7 Å². The zero-order valence-corrected chi connectivity index (χ0v) is 12.1. The van der Waals surface area contributed by atoms with E-state index < -0.39 is 5.97 Å². The zero-order chi connectivity index (χ0) is 15.1. The fraction of sp³-hybridized carbons (Fsp3) is 0.312. The van der Waals surface area contributed by atoms with Crippen molar-refractivity contribution in [2.45, 2.75) is 20.0 Å². The fourth-order valence-electron chi connectivity index (χ4n) is 1.75. The van der Waals surface area contributed by atoms with Crippen molar-refractivity contribution < 1.29 is 23.4 Å². The molecule has 0 unspecified atom stereocenters. The first-order chi connectivity index (χ1) is 10.2. The number of carbonyl (C=O) groups is 1. The van der Waals surface area contributed by atoms with Gasteiger partial charge in [-0.3, -0.25) is 0 Å². The monoisotopic (exact) mass is 290 g/mol. The molecule has 0 aliphatic carbocycles. The highest BCUT2D eigenvalue weighted by molar-refractivity contribution is 5.90. The number of methoxy groups -OCH3 is 1. The zero-order valence-electron chi connectivity index (χ0n) is 12.1. The Labute approximate surface area is 123 Å².